The summed E-state index contributed by atoms with van der Waals surface area (Å²) in [4.78, 5) is 2.19. The standard InChI is InChI=1S/C12H18.C6H15N/c1-5-10-6-8-11(9-7-10)12(2,3)4;1-6(2,3)7(4)5/h6-9H,5H2,1-4H3;1-5H3. The predicted molar refractivity (Wildman–Crippen MR) is 88.0 cm³/mol. The molecule has 0 fully saturated rings. The molecule has 0 spiro atoms. The molecule has 0 radical (unpaired) electrons. The minimum atomic E-state index is 0.284. The lowest BCUT2D eigenvalue weighted by atomic mass is 9.86. The van der Waals surface area contributed by atoms with E-state index in [-0.39, 0.29) is 5.41 Å². The van der Waals surface area contributed by atoms with Crippen LogP contribution in [0.1, 0.15) is 59.6 Å². The highest BCUT2D eigenvalue weighted by atomic mass is 15.1. The molecule has 0 aromatic heterocycles. The Morgan fingerprint density at radius 1 is 0.842 bits per heavy atom. The van der Waals surface area contributed by atoms with Crippen LogP contribution in [0.25, 0.3) is 0 Å². The molecule has 0 saturated carbocycles. The van der Waals surface area contributed by atoms with Gasteiger partial charge in [0.25, 0.3) is 0 Å². The Bertz CT molecular complexity index is 347. The second kappa shape index (κ2) is 7.09. The second-order valence-electron chi connectivity index (χ2n) is 7.37. The summed E-state index contributed by atoms with van der Waals surface area (Å²) in [6.07, 6.45) is 1.13. The van der Waals surface area contributed by atoms with E-state index in [1.54, 1.807) is 0 Å². The van der Waals surface area contributed by atoms with Gasteiger partial charge < -0.3 is 4.90 Å². The lowest BCUT2D eigenvalue weighted by molar-refractivity contribution is 0.219. The van der Waals surface area contributed by atoms with E-state index in [0.29, 0.717) is 5.54 Å². The van der Waals surface area contributed by atoms with Crippen molar-refractivity contribution in [3.05, 3.63) is 35.4 Å². The molecule has 1 aromatic rings. The van der Waals surface area contributed by atoms with Crippen molar-refractivity contribution >= 4 is 0 Å². The van der Waals surface area contributed by atoms with Gasteiger partial charge in [-0.25, -0.2) is 0 Å². The monoisotopic (exact) mass is 263 g/mol. The van der Waals surface area contributed by atoms with Gasteiger partial charge in [-0.15, -0.1) is 0 Å². The molecule has 1 aromatic carbocycles. The Balaban J connectivity index is 0.000000399. The zero-order valence-corrected chi connectivity index (χ0v) is 14.5. The van der Waals surface area contributed by atoms with Gasteiger partial charge in [0.05, 0.1) is 0 Å². The molecule has 19 heavy (non-hydrogen) atoms. The molecule has 0 bridgehead atoms. The molecule has 1 heteroatoms. The van der Waals surface area contributed by atoms with E-state index in [9.17, 15) is 0 Å². The lowest BCUT2D eigenvalue weighted by Crippen LogP contribution is -2.34. The molecule has 0 atom stereocenters. The molecular formula is C18H33N. The molecule has 0 aliphatic rings. The number of hydrogen-bond donors (Lipinski definition) is 0. The molecule has 0 saturated heterocycles. The first-order chi connectivity index (χ1) is 8.48. The first-order valence-electron chi connectivity index (χ1n) is 7.25. The van der Waals surface area contributed by atoms with E-state index in [1.165, 1.54) is 11.1 Å². The van der Waals surface area contributed by atoms with Crippen LogP contribution in [0.4, 0.5) is 0 Å². The first-order valence-corrected chi connectivity index (χ1v) is 7.25. The maximum Gasteiger partial charge on any atom is 0.0118 e. The summed E-state index contributed by atoms with van der Waals surface area (Å²) in [7, 11) is 4.17. The van der Waals surface area contributed by atoms with Gasteiger partial charge >= 0.3 is 0 Å². The minimum absolute atomic E-state index is 0.284. The van der Waals surface area contributed by atoms with Gasteiger partial charge in [0.2, 0.25) is 0 Å². The van der Waals surface area contributed by atoms with Crippen LogP contribution in [0.5, 0.6) is 0 Å². The van der Waals surface area contributed by atoms with Crippen molar-refractivity contribution in [2.45, 2.75) is 65.8 Å². The molecule has 0 aliphatic carbocycles. The van der Waals surface area contributed by atoms with E-state index in [1.807, 2.05) is 0 Å². The fourth-order valence-corrected chi connectivity index (χ4v) is 1.24. The quantitative estimate of drug-likeness (QED) is 0.697. The average molecular weight is 263 g/mol. The van der Waals surface area contributed by atoms with Crippen LogP contribution in [-0.2, 0) is 11.8 Å². The Morgan fingerprint density at radius 2 is 1.21 bits per heavy atom. The van der Waals surface area contributed by atoms with E-state index < -0.39 is 0 Å². The van der Waals surface area contributed by atoms with E-state index >= 15 is 0 Å². The smallest absolute Gasteiger partial charge is 0.0118 e. The second-order valence-corrected chi connectivity index (χ2v) is 7.37. The minimum Gasteiger partial charge on any atom is -0.305 e. The number of rotatable bonds is 1. The first kappa shape index (κ1) is 18.2. The fraction of sp³-hybridized carbons (Fsp3) is 0.667. The van der Waals surface area contributed by atoms with Crippen LogP contribution in [0.3, 0.4) is 0 Å². The lowest BCUT2D eigenvalue weighted by Gasteiger charge is -2.27. The van der Waals surface area contributed by atoms with Gasteiger partial charge in [0.1, 0.15) is 0 Å². The average Bonchev–Trinajstić information content (AvgIpc) is 2.27. The Morgan fingerprint density at radius 3 is 1.42 bits per heavy atom. The zero-order chi connectivity index (χ0) is 15.3. The van der Waals surface area contributed by atoms with Crippen molar-refractivity contribution in [1.82, 2.24) is 4.90 Å². The van der Waals surface area contributed by atoms with Gasteiger partial charge in [-0.2, -0.15) is 0 Å². The van der Waals surface area contributed by atoms with Gasteiger partial charge in [0, 0.05) is 5.54 Å². The largest absolute Gasteiger partial charge is 0.305 e. The van der Waals surface area contributed by atoms with Gasteiger partial charge in [-0.05, 0) is 57.8 Å². The SMILES string of the molecule is CCc1ccc(C(C)(C)C)cc1.CN(C)C(C)(C)C. The number of aryl methyl sites for hydroxylation is 1. The highest BCUT2D eigenvalue weighted by Gasteiger charge is 2.12. The van der Waals surface area contributed by atoms with Crippen molar-refractivity contribution in [3.8, 4) is 0 Å². The molecular weight excluding hydrogens is 230 g/mol. The molecule has 0 aliphatic heterocycles. The number of hydrogen-bond acceptors (Lipinski definition) is 1. The van der Waals surface area contributed by atoms with Crippen LogP contribution < -0.4 is 0 Å². The van der Waals surface area contributed by atoms with Crippen molar-refractivity contribution in [3.63, 3.8) is 0 Å². The highest BCUT2D eigenvalue weighted by Crippen LogP contribution is 2.22. The molecule has 1 rings (SSSR count). The molecule has 0 amide bonds. The molecule has 110 valence electrons. The fourth-order valence-electron chi connectivity index (χ4n) is 1.24. The van der Waals surface area contributed by atoms with Crippen LogP contribution in [0.15, 0.2) is 24.3 Å². The van der Waals surface area contributed by atoms with E-state index in [2.05, 4.69) is 91.7 Å². The topological polar surface area (TPSA) is 3.24 Å². The van der Waals surface area contributed by atoms with Crippen molar-refractivity contribution in [1.29, 1.82) is 0 Å². The summed E-state index contributed by atoms with van der Waals surface area (Å²) in [5.74, 6) is 0. The Hall–Kier alpha value is -0.820. The van der Waals surface area contributed by atoms with Crippen LogP contribution in [0, 0.1) is 0 Å². The Labute approximate surface area is 121 Å². The summed E-state index contributed by atoms with van der Waals surface area (Å²) in [5.41, 5.74) is 3.45. The maximum atomic E-state index is 2.24. The van der Waals surface area contributed by atoms with Crippen molar-refractivity contribution in [2.24, 2.45) is 0 Å². The predicted octanol–water partition coefficient (Wildman–Crippen LogP) is 4.89. The van der Waals surface area contributed by atoms with Gasteiger partial charge in [-0.3, -0.25) is 0 Å². The van der Waals surface area contributed by atoms with Gasteiger partial charge in [-0.1, -0.05) is 52.0 Å². The van der Waals surface area contributed by atoms with Crippen molar-refractivity contribution in [2.75, 3.05) is 14.1 Å². The van der Waals surface area contributed by atoms with E-state index in [4.69, 9.17) is 0 Å². The van der Waals surface area contributed by atoms with Crippen LogP contribution in [-0.4, -0.2) is 24.5 Å². The molecule has 0 N–H and O–H groups in total. The zero-order valence-electron chi connectivity index (χ0n) is 14.5. The van der Waals surface area contributed by atoms with Gasteiger partial charge in [0.15, 0.2) is 0 Å². The number of benzene rings is 1. The third-order valence-corrected chi connectivity index (χ3v) is 3.57. The summed E-state index contributed by atoms with van der Waals surface area (Å²) >= 11 is 0. The maximum absolute atomic E-state index is 2.24. The highest BCUT2D eigenvalue weighted by molar-refractivity contribution is 5.27. The third kappa shape index (κ3) is 7.37. The third-order valence-electron chi connectivity index (χ3n) is 3.57. The summed E-state index contributed by atoms with van der Waals surface area (Å²) in [6, 6.07) is 8.92. The van der Waals surface area contributed by atoms with Crippen LogP contribution >= 0.6 is 0 Å². The Kier molecular flexibility index (Phi) is 6.79. The summed E-state index contributed by atoms with van der Waals surface area (Å²) < 4.78 is 0. The molecule has 0 heterocycles. The summed E-state index contributed by atoms with van der Waals surface area (Å²) in [5, 5.41) is 0. The van der Waals surface area contributed by atoms with Crippen LogP contribution in [0.2, 0.25) is 0 Å². The van der Waals surface area contributed by atoms with E-state index in [0.717, 1.165) is 6.42 Å². The summed E-state index contributed by atoms with van der Waals surface area (Å²) in [6.45, 7) is 15.5. The van der Waals surface area contributed by atoms with Crippen molar-refractivity contribution < 1.29 is 0 Å². The molecule has 1 nitrogen and oxygen atoms in total. The normalized spacial score (nSPS) is 12.1. The number of nitrogens with zero attached hydrogens (tertiary/aromatic N) is 1. The molecule has 0 unspecified atom stereocenters.